The van der Waals surface area contributed by atoms with Gasteiger partial charge in [-0.2, -0.15) is 0 Å². The summed E-state index contributed by atoms with van der Waals surface area (Å²) in [5, 5.41) is 7.27. The van der Waals surface area contributed by atoms with Crippen molar-refractivity contribution in [2.24, 2.45) is 0 Å². The minimum absolute atomic E-state index is 0.262. The van der Waals surface area contributed by atoms with Gasteiger partial charge in [0, 0.05) is 17.7 Å². The molecule has 0 saturated heterocycles. The topological polar surface area (TPSA) is 88.2 Å². The minimum atomic E-state index is -0.730. The zero-order chi connectivity index (χ0) is 19.3. The number of nitrogens with one attached hydrogen (secondary N) is 2. The number of rotatable bonds is 2. The number of H-pyrrole nitrogens is 1. The molecule has 2 N–H and O–H groups in total. The highest BCUT2D eigenvalue weighted by Crippen LogP contribution is 2.37. The Bertz CT molecular complexity index is 1270. The van der Waals surface area contributed by atoms with Crippen LogP contribution in [0.4, 0.5) is 4.79 Å². The second-order valence-corrected chi connectivity index (χ2v) is 6.70. The van der Waals surface area contributed by atoms with Gasteiger partial charge in [0.25, 0.3) is 0 Å². The fraction of sp³-hybridized carbons (Fsp3) is 0.0952. The highest BCUT2D eigenvalue weighted by atomic mass is 16.6. The molecular weight excluding hydrogens is 358 g/mol. The summed E-state index contributed by atoms with van der Waals surface area (Å²) in [6.07, 6.45) is -0.621. The molecule has 1 aliphatic heterocycles. The summed E-state index contributed by atoms with van der Waals surface area (Å²) in [6, 6.07) is 18.3. The van der Waals surface area contributed by atoms with E-state index in [-0.39, 0.29) is 5.69 Å². The van der Waals surface area contributed by atoms with E-state index in [0.29, 0.717) is 17.0 Å². The number of fused-ring (bicyclic) bond motifs is 3. The Morgan fingerprint density at radius 1 is 0.964 bits per heavy atom. The Balaban J connectivity index is 1.77. The number of nitrogens with zero attached hydrogens (tertiary/aromatic N) is 1. The van der Waals surface area contributed by atoms with Gasteiger partial charge in [-0.3, -0.25) is 4.52 Å². The summed E-state index contributed by atoms with van der Waals surface area (Å²) >= 11 is 0. The molecular formula is C21H16N3O4+. The normalized spacial score (nSPS) is 15.8. The molecule has 7 heteroatoms. The van der Waals surface area contributed by atoms with E-state index in [1.807, 2.05) is 61.5 Å². The maximum atomic E-state index is 12.6. The Morgan fingerprint density at radius 3 is 2.57 bits per heavy atom. The van der Waals surface area contributed by atoms with Gasteiger partial charge in [0.15, 0.2) is 6.04 Å². The number of hydrogen-bond donors (Lipinski definition) is 2. The molecule has 4 aromatic rings. The van der Waals surface area contributed by atoms with E-state index in [1.165, 1.54) is 0 Å². The maximum Gasteiger partial charge on any atom is 0.433 e. The van der Waals surface area contributed by atoms with Crippen LogP contribution in [0.15, 0.2) is 70.0 Å². The molecule has 0 spiro atoms. The minimum Gasteiger partial charge on any atom is -0.410 e. The number of hydrogen-bond acceptors (Lipinski definition) is 4. The van der Waals surface area contributed by atoms with Gasteiger partial charge in [0.2, 0.25) is 5.69 Å². The number of carbonyl (C=O) groups excluding carboxylic acids is 1. The van der Waals surface area contributed by atoms with E-state index in [4.69, 9.17) is 9.26 Å². The Labute approximate surface area is 159 Å². The van der Waals surface area contributed by atoms with Gasteiger partial charge in [0.05, 0.1) is 0 Å². The molecule has 1 aliphatic rings. The number of carbonyl (C=O) groups is 1. The van der Waals surface area contributed by atoms with Gasteiger partial charge in [-0.05, 0) is 33.7 Å². The first-order valence-corrected chi connectivity index (χ1v) is 8.82. The van der Waals surface area contributed by atoms with Crippen LogP contribution in [0.2, 0.25) is 0 Å². The summed E-state index contributed by atoms with van der Waals surface area (Å²) in [6.45, 7) is 1.98. The number of amides is 1. The molecule has 138 valence electrons. The number of aryl methyl sites for hydroxylation is 1. The van der Waals surface area contributed by atoms with Crippen molar-refractivity contribution < 1.29 is 18.7 Å². The smallest absolute Gasteiger partial charge is 0.410 e. The standard InChI is InChI=1S/C21H15N3O4/c1-12-6-9-14(10-7-12)24-19(20(25)28-23-24)18-17-15-5-3-2-4-13(15)8-11-16(17)27-21(26)22-18/h2-11,18H,1H3,(H-,22,23,25,26)/p+1. The van der Waals surface area contributed by atoms with Crippen molar-refractivity contribution >= 4 is 16.9 Å². The van der Waals surface area contributed by atoms with Crippen LogP contribution in [0.25, 0.3) is 16.5 Å². The molecule has 0 bridgehead atoms. The molecule has 7 nitrogen and oxygen atoms in total. The second-order valence-electron chi connectivity index (χ2n) is 6.70. The van der Waals surface area contributed by atoms with Crippen LogP contribution >= 0.6 is 0 Å². The predicted molar refractivity (Wildman–Crippen MR) is 101 cm³/mol. The van der Waals surface area contributed by atoms with Gasteiger partial charge in [-0.1, -0.05) is 48.0 Å². The van der Waals surface area contributed by atoms with Gasteiger partial charge >= 0.3 is 17.4 Å². The maximum absolute atomic E-state index is 12.6. The SMILES string of the molecule is Cc1ccc(-[n+]2[nH]oc(=O)c2C2NC(=O)Oc3ccc4ccccc4c32)cc1. The van der Waals surface area contributed by atoms with Crippen LogP contribution in [0.5, 0.6) is 5.75 Å². The van der Waals surface area contributed by atoms with E-state index < -0.39 is 17.8 Å². The van der Waals surface area contributed by atoms with E-state index in [2.05, 4.69) is 10.6 Å². The molecule has 1 atom stereocenters. The van der Waals surface area contributed by atoms with Crippen LogP contribution in [0.1, 0.15) is 22.9 Å². The van der Waals surface area contributed by atoms with Crippen molar-refractivity contribution in [1.29, 1.82) is 0 Å². The van der Waals surface area contributed by atoms with Crippen LogP contribution in [-0.2, 0) is 0 Å². The summed E-state index contributed by atoms with van der Waals surface area (Å²) in [4.78, 5) is 24.8. The quantitative estimate of drug-likeness (QED) is 0.528. The lowest BCUT2D eigenvalue weighted by molar-refractivity contribution is -0.678. The van der Waals surface area contributed by atoms with E-state index in [0.717, 1.165) is 16.3 Å². The molecule has 0 radical (unpaired) electrons. The molecule has 0 aliphatic carbocycles. The first-order valence-electron chi connectivity index (χ1n) is 8.82. The third-order valence-electron chi connectivity index (χ3n) is 4.93. The number of ether oxygens (including phenoxy) is 1. The van der Waals surface area contributed by atoms with Crippen molar-refractivity contribution in [3.63, 3.8) is 0 Å². The van der Waals surface area contributed by atoms with Crippen LogP contribution < -0.4 is 20.4 Å². The lowest BCUT2D eigenvalue weighted by atomic mass is 9.95. The number of aromatic amines is 1. The van der Waals surface area contributed by atoms with E-state index in [1.54, 1.807) is 10.7 Å². The molecule has 1 amide bonds. The highest BCUT2D eigenvalue weighted by Gasteiger charge is 2.40. The molecule has 2 heterocycles. The monoisotopic (exact) mass is 374 g/mol. The number of aromatic nitrogens is 2. The molecule has 3 aromatic carbocycles. The molecule has 5 rings (SSSR count). The first kappa shape index (κ1) is 16.3. The Hall–Kier alpha value is -3.87. The molecule has 1 aromatic heterocycles. The molecule has 28 heavy (non-hydrogen) atoms. The van der Waals surface area contributed by atoms with Crippen molar-refractivity contribution in [1.82, 2.24) is 10.6 Å². The van der Waals surface area contributed by atoms with E-state index in [9.17, 15) is 9.59 Å². The highest BCUT2D eigenvalue weighted by molar-refractivity contribution is 5.91. The first-order chi connectivity index (χ1) is 13.6. The molecule has 1 unspecified atom stereocenters. The van der Waals surface area contributed by atoms with Crippen molar-refractivity contribution in [2.45, 2.75) is 13.0 Å². The summed E-state index contributed by atoms with van der Waals surface area (Å²) in [5.74, 6) is 0.420. The van der Waals surface area contributed by atoms with Crippen LogP contribution in [0, 0.1) is 6.92 Å². The van der Waals surface area contributed by atoms with Gasteiger partial charge in [0.1, 0.15) is 5.75 Å². The lowest BCUT2D eigenvalue weighted by Gasteiger charge is -2.24. The van der Waals surface area contributed by atoms with Gasteiger partial charge < -0.3 is 10.1 Å². The van der Waals surface area contributed by atoms with Crippen molar-refractivity contribution in [3.05, 3.63) is 87.9 Å². The lowest BCUT2D eigenvalue weighted by Crippen LogP contribution is -2.47. The summed E-state index contributed by atoms with van der Waals surface area (Å²) in [7, 11) is 0. The Morgan fingerprint density at radius 2 is 1.75 bits per heavy atom. The third-order valence-corrected chi connectivity index (χ3v) is 4.93. The van der Waals surface area contributed by atoms with Crippen LogP contribution in [0.3, 0.4) is 0 Å². The average molecular weight is 374 g/mol. The Kier molecular flexibility index (Phi) is 3.55. The van der Waals surface area contributed by atoms with Gasteiger partial charge in [-0.25, -0.2) is 9.59 Å². The molecule has 0 saturated carbocycles. The fourth-order valence-electron chi connectivity index (χ4n) is 3.60. The van der Waals surface area contributed by atoms with Crippen molar-refractivity contribution in [3.8, 4) is 11.4 Å². The van der Waals surface area contributed by atoms with Gasteiger partial charge in [-0.15, -0.1) is 0 Å². The zero-order valence-electron chi connectivity index (χ0n) is 14.9. The van der Waals surface area contributed by atoms with Crippen molar-refractivity contribution in [2.75, 3.05) is 0 Å². The molecule has 0 fully saturated rings. The largest absolute Gasteiger partial charge is 0.433 e. The average Bonchev–Trinajstić information content (AvgIpc) is 3.09. The van der Waals surface area contributed by atoms with E-state index >= 15 is 0 Å². The zero-order valence-corrected chi connectivity index (χ0v) is 14.9. The summed E-state index contributed by atoms with van der Waals surface area (Å²) in [5.41, 5.74) is 2.22. The summed E-state index contributed by atoms with van der Waals surface area (Å²) < 4.78 is 12.0. The second kappa shape index (κ2) is 6.09. The predicted octanol–water partition coefficient (Wildman–Crippen LogP) is 2.90. The third kappa shape index (κ3) is 2.48. The fourth-order valence-corrected chi connectivity index (χ4v) is 3.60. The van der Waals surface area contributed by atoms with Crippen LogP contribution in [-0.4, -0.2) is 11.4 Å². The number of benzene rings is 3.